The molecule has 1 aliphatic heterocycles. The minimum absolute atomic E-state index is 0.00126. The topological polar surface area (TPSA) is 850 Å². The molecule has 4 aromatic rings. The van der Waals surface area contributed by atoms with Gasteiger partial charge in [0.05, 0.1) is 51.7 Å². The summed E-state index contributed by atoms with van der Waals surface area (Å²) in [6, 6.07) is -8.14. The molecule has 19 atom stereocenters. The third kappa shape index (κ3) is 41.1. The maximum Gasteiger partial charge on any atom is 0.326 e. The van der Waals surface area contributed by atoms with Gasteiger partial charge in [0.2, 0.25) is 118 Å². The lowest BCUT2D eigenvalue weighted by Crippen LogP contribution is -2.62. The van der Waals surface area contributed by atoms with E-state index in [9.17, 15) is 136 Å². The first-order chi connectivity index (χ1) is 70.0. The second-order valence-electron chi connectivity index (χ2n) is 35.9. The Morgan fingerprint density at radius 1 is 0.459 bits per heavy atom. The van der Waals surface area contributed by atoms with Gasteiger partial charge in [-0.05, 0) is 131 Å². The summed E-state index contributed by atoms with van der Waals surface area (Å²) < 4.78 is 0. The van der Waals surface area contributed by atoms with Gasteiger partial charge in [-0.3, -0.25) is 101 Å². The molecular weight excluding hydrogens is 1980 g/mol. The van der Waals surface area contributed by atoms with Crippen molar-refractivity contribution in [1.82, 2.24) is 111 Å². The number of hydrogen-bond donors (Lipinski definition) is 32. The van der Waals surface area contributed by atoms with Gasteiger partial charge < -0.3 is 164 Å². The number of para-hydroxylation sites is 1. The number of aromatic amines is 1. The molecule has 1 aromatic heterocycles. The predicted molar refractivity (Wildman–Crippen MR) is 537 cm³/mol. The van der Waals surface area contributed by atoms with Gasteiger partial charge in [0.25, 0.3) is 0 Å². The number of amides is 20. The van der Waals surface area contributed by atoms with Crippen LogP contribution in [0.1, 0.15) is 123 Å². The summed E-state index contributed by atoms with van der Waals surface area (Å²) in [5.41, 5.74) is 18.5. The summed E-state index contributed by atoms with van der Waals surface area (Å²) >= 11 is 5.19. The quantitative estimate of drug-likeness (QED) is 0.00845. The number of carbonyl (C=O) groups is 21. The molecule has 0 spiro atoms. The number of carboxylic acid groups (broad SMARTS) is 1. The Morgan fingerprint density at radius 3 is 1.39 bits per heavy atom. The number of nitrogens with two attached hydrogens (primary N) is 3. The van der Waals surface area contributed by atoms with E-state index in [-0.39, 0.29) is 80.9 Å². The van der Waals surface area contributed by atoms with Crippen LogP contribution in [0, 0.1) is 17.2 Å². The smallest absolute Gasteiger partial charge is 0.326 e. The van der Waals surface area contributed by atoms with Crippen LogP contribution in [-0.2, 0) is 120 Å². The molecule has 816 valence electrons. The number of thioether (sulfide) groups is 1. The van der Waals surface area contributed by atoms with Gasteiger partial charge in [-0.1, -0.05) is 88.4 Å². The number of thiol groups is 1. The van der Waals surface area contributed by atoms with E-state index in [0.717, 1.165) is 4.90 Å². The number of fused-ring (bicyclic) bond motifs is 1. The third-order valence-electron chi connectivity index (χ3n) is 23.2. The second-order valence-corrected chi connectivity index (χ2v) is 37.3. The highest BCUT2D eigenvalue weighted by molar-refractivity contribution is 7.98. The Kier molecular flexibility index (Phi) is 52.4. The molecule has 3 aromatic carbocycles. The number of phenols is 1. The first-order valence-corrected chi connectivity index (χ1v) is 49.6. The van der Waals surface area contributed by atoms with E-state index >= 15 is 0 Å². The van der Waals surface area contributed by atoms with Crippen molar-refractivity contribution >= 4 is 165 Å². The normalized spacial score (nSPS) is 15.9. The SMILES string of the molecule is CSCC[C@H](NC(=O)[C@H](C)NC(=O)[C@H](Cc1ccc(O)cc1)NC(=O)[C@H](CO)NC(=O)[C@H](CO)NC(=O)[C@H](CC(C)C)NC(=O)[C@H](CO)NC(=O)[C@H](Cc1ccccc1)NC(=O)CNC(=O)[C@H](CO)NC(=O)[C@H](C)NC(=O)[C@@H](NC(=O)[C@@H](N)CS)[C@@H](C)O)C(=O)NCC(=O)N[C@@H](Cc1c[nH]c2ccccc12)C(=O)N[C@H](C(=O)N[C@@H](CCCNC(=N)N)C(=O)N[C@@H](CCC(N)=O)C(=O)N[C@@H](C)C(=O)N1CCC[C@H]1C(=O)O)C(C)C. The van der Waals surface area contributed by atoms with Crippen molar-refractivity contribution in [2.45, 2.75) is 241 Å². The van der Waals surface area contributed by atoms with Gasteiger partial charge in [-0.15, -0.1) is 0 Å². The zero-order valence-corrected chi connectivity index (χ0v) is 85.0. The number of aliphatic hydroxyl groups excluding tert-OH is 5. The molecule has 53 nitrogen and oxygen atoms in total. The maximum absolute atomic E-state index is 14.8. The van der Waals surface area contributed by atoms with Gasteiger partial charge in [0.15, 0.2) is 5.96 Å². The Bertz CT molecular complexity index is 5260. The number of rotatable bonds is 63. The van der Waals surface area contributed by atoms with Crippen LogP contribution in [0.15, 0.2) is 85.1 Å². The minimum atomic E-state index is -1.99. The molecule has 0 radical (unpaired) electrons. The summed E-state index contributed by atoms with van der Waals surface area (Å²) in [7, 11) is 0. The molecule has 0 aliphatic carbocycles. The molecule has 1 fully saturated rings. The average Bonchev–Trinajstić information content (AvgIpc) is 1.69. The number of aromatic nitrogens is 1. The number of aliphatic carboxylic acids is 1. The number of aliphatic hydroxyl groups is 5. The zero-order valence-electron chi connectivity index (χ0n) is 83.3. The number of hydrogen-bond acceptors (Lipinski definition) is 31. The van der Waals surface area contributed by atoms with Gasteiger partial charge in [0, 0.05) is 61.6 Å². The highest BCUT2D eigenvalue weighted by Crippen LogP contribution is 2.23. The van der Waals surface area contributed by atoms with E-state index in [2.05, 4.69) is 119 Å². The number of nitrogens with zero attached hydrogens (tertiary/aromatic N) is 1. The average molecular weight is 2120 g/mol. The first kappa shape index (κ1) is 124. The molecule has 0 saturated carbocycles. The number of nitrogens with one attached hydrogen (secondary N) is 21. The fraction of sp³-hybridized carbons (Fsp3) is 0.548. The van der Waals surface area contributed by atoms with Crippen LogP contribution >= 0.6 is 24.4 Å². The number of carbonyl (C=O) groups excluding carboxylic acids is 20. The van der Waals surface area contributed by atoms with E-state index in [1.165, 1.54) is 63.7 Å². The van der Waals surface area contributed by atoms with Crippen molar-refractivity contribution in [1.29, 1.82) is 5.41 Å². The molecule has 55 heteroatoms. The number of likely N-dealkylation sites (tertiary alicyclic amines) is 1. The van der Waals surface area contributed by atoms with E-state index < -0.39 is 316 Å². The number of aromatic hydroxyl groups is 1. The van der Waals surface area contributed by atoms with Crippen molar-refractivity contribution < 1.29 is 136 Å². The summed E-state index contributed by atoms with van der Waals surface area (Å²) in [6.45, 7) is 4.97. The predicted octanol–water partition coefficient (Wildman–Crippen LogP) is -10.4. The van der Waals surface area contributed by atoms with E-state index in [1.807, 2.05) is 0 Å². The molecule has 20 amide bonds. The Morgan fingerprint density at radius 2 is 0.872 bits per heavy atom. The van der Waals surface area contributed by atoms with Crippen LogP contribution in [0.3, 0.4) is 0 Å². The van der Waals surface area contributed by atoms with Crippen LogP contribution in [0.5, 0.6) is 5.75 Å². The van der Waals surface area contributed by atoms with Crippen LogP contribution in [0.2, 0.25) is 0 Å². The number of H-pyrrole nitrogens is 1. The highest BCUT2D eigenvalue weighted by Gasteiger charge is 2.42. The van der Waals surface area contributed by atoms with E-state index in [1.54, 1.807) is 94.7 Å². The van der Waals surface area contributed by atoms with Gasteiger partial charge in [0.1, 0.15) is 108 Å². The first-order valence-electron chi connectivity index (χ1n) is 47.6. The fourth-order valence-electron chi connectivity index (χ4n) is 15.0. The highest BCUT2D eigenvalue weighted by atomic mass is 32.2. The van der Waals surface area contributed by atoms with Crippen molar-refractivity contribution in [3.63, 3.8) is 0 Å². The van der Waals surface area contributed by atoms with Crippen molar-refractivity contribution in [3.8, 4) is 5.75 Å². The molecule has 1 saturated heterocycles. The summed E-state index contributed by atoms with van der Waals surface area (Å²) in [6.07, 6.45) is 0.0910. The third-order valence-corrected chi connectivity index (χ3v) is 24.3. The van der Waals surface area contributed by atoms with Gasteiger partial charge >= 0.3 is 5.97 Å². The van der Waals surface area contributed by atoms with Crippen LogP contribution < -0.4 is 118 Å². The maximum atomic E-state index is 14.8. The van der Waals surface area contributed by atoms with Gasteiger partial charge in [-0.2, -0.15) is 24.4 Å². The van der Waals surface area contributed by atoms with Crippen LogP contribution in [0.4, 0.5) is 0 Å². The standard InChI is InChI=1S/C93H139N25O28S2/c1-45(2)33-61(110-86(139)66(41-120)114-84(137)62(34-51-17-11-10-12-18-51)105-71(126)39-101-79(132)65(40-119)112-76(129)48(6)103-90(143)74(50(8)123)117-77(130)56(94)44-147)83(136)113-68(43-122)88(141)115-67(42-121)87(140)111-63(35-52-23-25-54(124)26-24-52)82(135)102-47(5)75(128)107-60(29-32-148-9)78(131)100-38-72(127)106-64(36-53-37-99-57-20-14-13-19-55(53)57)85(138)116-73(46(3)4)89(142)109-58(21-15-30-98-93(96)97)81(134)108-59(27-28-70(95)125)80(133)104-49(7)91(144)118-31-16-22-69(118)92(145)146/h10-14,17-20,23-26,37,45-50,56,58-69,73-74,99,119-124,147H,15-16,21-22,27-36,38-44,94H2,1-9H3,(H2,95,125)(H,100,131)(H,101,132)(H,102,135)(H,103,143)(H,104,133)(H,105,126)(H,106,127)(H,107,128)(H,108,134)(H,109,142)(H,110,139)(H,111,140)(H,112,129)(H,113,136)(H,114,137)(H,115,141)(H,116,138)(H,117,130)(H,145,146)(H4,96,97,98)/t47-,48-,49-,50+,56-,58-,59-,60-,61-,62-,63-,64-,65-,66-,67-,68-,69-,73-,74-/m0/s1. The summed E-state index contributed by atoms with van der Waals surface area (Å²) in [5, 5.41) is 126. The molecule has 5 rings (SSSR count). The van der Waals surface area contributed by atoms with Crippen molar-refractivity contribution in [2.24, 2.45) is 29.0 Å². The fourth-order valence-corrected chi connectivity index (χ4v) is 15.6. The molecule has 148 heavy (non-hydrogen) atoms. The summed E-state index contributed by atoms with van der Waals surface area (Å²) in [5.74, 6) is -23.6. The van der Waals surface area contributed by atoms with Crippen LogP contribution in [-0.4, -0.2) is 361 Å². The molecule has 34 N–H and O–H groups in total. The molecular formula is C93H139N25O28S2. The lowest BCUT2D eigenvalue weighted by atomic mass is 9.99. The lowest BCUT2D eigenvalue weighted by Gasteiger charge is -2.29. The Hall–Kier alpha value is -14.4. The lowest BCUT2D eigenvalue weighted by molar-refractivity contribution is -0.149. The molecule has 0 bridgehead atoms. The van der Waals surface area contributed by atoms with E-state index in [4.69, 9.17) is 22.6 Å². The molecule has 1 aliphatic rings. The number of primary amides is 1. The zero-order chi connectivity index (χ0) is 110. The number of carboxylic acids is 1. The molecule has 2 heterocycles. The van der Waals surface area contributed by atoms with Crippen molar-refractivity contribution in [2.75, 3.05) is 70.4 Å². The minimum Gasteiger partial charge on any atom is -0.508 e. The largest absolute Gasteiger partial charge is 0.508 e. The number of phenolic OH excluding ortho intramolecular Hbond substituents is 1. The number of benzene rings is 3. The second kappa shape index (κ2) is 62.6. The van der Waals surface area contributed by atoms with Crippen LogP contribution in [0.25, 0.3) is 10.9 Å². The summed E-state index contributed by atoms with van der Waals surface area (Å²) in [4.78, 5) is 292. The van der Waals surface area contributed by atoms with Crippen molar-refractivity contribution in [3.05, 3.63) is 102 Å². The Labute approximate surface area is 861 Å². The van der Waals surface area contributed by atoms with Gasteiger partial charge in [-0.25, -0.2) is 4.79 Å². The molecule has 0 unspecified atom stereocenters. The monoisotopic (exact) mass is 2120 g/mol. The number of guanidine groups is 1. The Balaban J connectivity index is 1.26. The van der Waals surface area contributed by atoms with E-state index in [0.29, 0.717) is 28.5 Å².